The summed E-state index contributed by atoms with van der Waals surface area (Å²) in [5.41, 5.74) is 0.382. The Bertz CT molecular complexity index is 223. The monoisotopic (exact) mass is 228 g/mol. The fourth-order valence-corrected chi connectivity index (χ4v) is 2.00. The zero-order valence-corrected chi connectivity index (χ0v) is 10.4. The van der Waals surface area contributed by atoms with Gasteiger partial charge in [0.2, 0.25) is 0 Å². The van der Waals surface area contributed by atoms with Gasteiger partial charge in [-0.2, -0.15) is 0 Å². The van der Waals surface area contributed by atoms with Crippen molar-refractivity contribution < 1.29 is 9.90 Å². The molecule has 1 atom stereocenters. The van der Waals surface area contributed by atoms with Crippen LogP contribution >= 0.6 is 0 Å². The number of hydrogen-bond acceptors (Lipinski definition) is 2. The molecule has 4 nitrogen and oxygen atoms in total. The molecule has 0 radical (unpaired) electrons. The van der Waals surface area contributed by atoms with Gasteiger partial charge in [-0.15, -0.1) is 0 Å². The molecule has 0 aromatic carbocycles. The predicted molar refractivity (Wildman–Crippen MR) is 64.3 cm³/mol. The Morgan fingerprint density at radius 2 is 2.12 bits per heavy atom. The first-order valence-electron chi connectivity index (χ1n) is 6.31. The van der Waals surface area contributed by atoms with Crippen molar-refractivity contribution in [1.82, 2.24) is 10.6 Å². The van der Waals surface area contributed by atoms with Gasteiger partial charge in [0.1, 0.15) is 0 Å². The number of aliphatic hydroxyl groups excluding tert-OH is 1. The van der Waals surface area contributed by atoms with E-state index in [4.69, 9.17) is 5.11 Å². The lowest BCUT2D eigenvalue weighted by molar-refractivity contribution is 0.212. The van der Waals surface area contributed by atoms with Crippen molar-refractivity contribution in [2.75, 3.05) is 13.2 Å². The molecular weight excluding hydrogens is 204 g/mol. The van der Waals surface area contributed by atoms with Gasteiger partial charge in [-0.25, -0.2) is 4.79 Å². The average molecular weight is 228 g/mol. The Labute approximate surface area is 97.8 Å². The zero-order chi connectivity index (χ0) is 12.0. The fourth-order valence-electron chi connectivity index (χ4n) is 2.00. The smallest absolute Gasteiger partial charge is 0.315 e. The van der Waals surface area contributed by atoms with Crippen molar-refractivity contribution in [3.05, 3.63) is 0 Å². The SMILES string of the molecule is CCCC1(CNC(=O)NC(CC)CO)CC1. The van der Waals surface area contributed by atoms with E-state index in [9.17, 15) is 4.79 Å². The van der Waals surface area contributed by atoms with Crippen LogP contribution in [0.5, 0.6) is 0 Å². The van der Waals surface area contributed by atoms with Gasteiger partial charge in [0.25, 0.3) is 0 Å². The average Bonchev–Trinajstić information content (AvgIpc) is 3.04. The first-order chi connectivity index (χ1) is 7.65. The third-order valence-electron chi connectivity index (χ3n) is 3.41. The van der Waals surface area contributed by atoms with E-state index < -0.39 is 0 Å². The van der Waals surface area contributed by atoms with Crippen LogP contribution in [0.3, 0.4) is 0 Å². The topological polar surface area (TPSA) is 61.4 Å². The van der Waals surface area contributed by atoms with E-state index in [1.165, 1.54) is 25.7 Å². The number of hydrogen-bond donors (Lipinski definition) is 3. The summed E-state index contributed by atoms with van der Waals surface area (Å²) < 4.78 is 0. The summed E-state index contributed by atoms with van der Waals surface area (Å²) in [6.07, 6.45) is 5.60. The highest BCUT2D eigenvalue weighted by Gasteiger charge is 2.41. The standard InChI is InChI=1S/C12H24N2O2/c1-3-5-12(6-7-12)9-13-11(16)14-10(4-2)8-15/h10,15H,3-9H2,1-2H3,(H2,13,14,16). The quantitative estimate of drug-likeness (QED) is 0.620. The summed E-state index contributed by atoms with van der Waals surface area (Å²) in [5, 5.41) is 14.6. The number of urea groups is 1. The number of amides is 2. The largest absolute Gasteiger partial charge is 0.394 e. The second-order valence-electron chi connectivity index (χ2n) is 4.86. The third-order valence-corrected chi connectivity index (χ3v) is 3.41. The Hall–Kier alpha value is -0.770. The highest BCUT2D eigenvalue weighted by Crippen LogP contribution is 2.48. The number of nitrogens with one attached hydrogen (secondary N) is 2. The lowest BCUT2D eigenvalue weighted by Crippen LogP contribution is -2.45. The minimum Gasteiger partial charge on any atom is -0.394 e. The molecule has 1 aliphatic carbocycles. The zero-order valence-electron chi connectivity index (χ0n) is 10.4. The van der Waals surface area contributed by atoms with Gasteiger partial charge >= 0.3 is 6.03 Å². The van der Waals surface area contributed by atoms with Crippen LogP contribution in [0.15, 0.2) is 0 Å². The number of carbonyl (C=O) groups excluding carboxylic acids is 1. The second kappa shape index (κ2) is 6.09. The van der Waals surface area contributed by atoms with Crippen molar-refractivity contribution in [2.24, 2.45) is 5.41 Å². The lowest BCUT2D eigenvalue weighted by Gasteiger charge is -2.18. The Morgan fingerprint density at radius 3 is 2.56 bits per heavy atom. The highest BCUT2D eigenvalue weighted by atomic mass is 16.3. The minimum absolute atomic E-state index is 0.00399. The summed E-state index contributed by atoms with van der Waals surface area (Å²) in [5.74, 6) is 0. The molecule has 2 amide bonds. The molecule has 1 saturated carbocycles. The Morgan fingerprint density at radius 1 is 1.44 bits per heavy atom. The Kier molecular flexibility index (Phi) is 5.06. The molecule has 1 unspecified atom stereocenters. The van der Waals surface area contributed by atoms with Crippen molar-refractivity contribution in [3.8, 4) is 0 Å². The van der Waals surface area contributed by atoms with E-state index in [1.807, 2.05) is 6.92 Å². The van der Waals surface area contributed by atoms with Gasteiger partial charge < -0.3 is 15.7 Å². The highest BCUT2D eigenvalue weighted by molar-refractivity contribution is 5.74. The maximum Gasteiger partial charge on any atom is 0.315 e. The number of carbonyl (C=O) groups is 1. The number of aliphatic hydroxyl groups is 1. The van der Waals surface area contributed by atoms with Gasteiger partial charge in [-0.1, -0.05) is 20.3 Å². The van der Waals surface area contributed by atoms with Crippen LogP contribution in [0.2, 0.25) is 0 Å². The van der Waals surface area contributed by atoms with Crippen LogP contribution in [0, 0.1) is 5.41 Å². The van der Waals surface area contributed by atoms with Crippen molar-refractivity contribution in [3.63, 3.8) is 0 Å². The van der Waals surface area contributed by atoms with Crippen LogP contribution in [0.25, 0.3) is 0 Å². The molecule has 1 aliphatic rings. The summed E-state index contributed by atoms with van der Waals surface area (Å²) in [4.78, 5) is 11.5. The molecule has 1 fully saturated rings. The van der Waals surface area contributed by atoms with Crippen LogP contribution < -0.4 is 10.6 Å². The molecule has 0 aromatic heterocycles. The Balaban J connectivity index is 2.19. The van der Waals surface area contributed by atoms with Gasteiger partial charge in [-0.3, -0.25) is 0 Å². The van der Waals surface area contributed by atoms with E-state index in [0.717, 1.165) is 13.0 Å². The summed E-state index contributed by atoms with van der Waals surface area (Å²) in [7, 11) is 0. The molecule has 0 heterocycles. The molecule has 0 bridgehead atoms. The summed E-state index contributed by atoms with van der Waals surface area (Å²) in [6.45, 7) is 4.90. The molecule has 0 aliphatic heterocycles. The molecule has 1 rings (SSSR count). The van der Waals surface area contributed by atoms with Crippen molar-refractivity contribution in [1.29, 1.82) is 0 Å². The van der Waals surface area contributed by atoms with E-state index in [1.54, 1.807) is 0 Å². The first kappa shape index (κ1) is 13.3. The van der Waals surface area contributed by atoms with Gasteiger partial charge in [0, 0.05) is 6.54 Å². The van der Waals surface area contributed by atoms with E-state index in [2.05, 4.69) is 17.6 Å². The third kappa shape index (κ3) is 4.00. The van der Waals surface area contributed by atoms with Gasteiger partial charge in [0.15, 0.2) is 0 Å². The molecule has 0 spiro atoms. The van der Waals surface area contributed by atoms with Crippen molar-refractivity contribution in [2.45, 2.75) is 52.0 Å². The second-order valence-corrected chi connectivity index (χ2v) is 4.86. The molecule has 4 heteroatoms. The maximum atomic E-state index is 11.5. The van der Waals surface area contributed by atoms with E-state index in [0.29, 0.717) is 5.41 Å². The van der Waals surface area contributed by atoms with Crippen molar-refractivity contribution >= 4 is 6.03 Å². The molecule has 0 aromatic rings. The van der Waals surface area contributed by atoms with E-state index in [-0.39, 0.29) is 18.7 Å². The molecule has 0 saturated heterocycles. The van der Waals surface area contributed by atoms with Crippen LogP contribution in [0.4, 0.5) is 4.79 Å². The van der Waals surface area contributed by atoms with Gasteiger partial charge in [-0.05, 0) is 31.1 Å². The minimum atomic E-state index is -0.150. The molecular formula is C12H24N2O2. The first-order valence-corrected chi connectivity index (χ1v) is 6.31. The summed E-state index contributed by atoms with van der Waals surface area (Å²) >= 11 is 0. The number of rotatable bonds is 7. The molecule has 16 heavy (non-hydrogen) atoms. The fraction of sp³-hybridized carbons (Fsp3) is 0.917. The molecule has 3 N–H and O–H groups in total. The van der Waals surface area contributed by atoms with Crippen LogP contribution in [-0.4, -0.2) is 30.3 Å². The van der Waals surface area contributed by atoms with Crippen LogP contribution in [0.1, 0.15) is 46.0 Å². The lowest BCUT2D eigenvalue weighted by atomic mass is 10.0. The predicted octanol–water partition coefficient (Wildman–Crippen LogP) is 1.64. The summed E-state index contributed by atoms with van der Waals surface area (Å²) in [6, 6.07) is -0.274. The molecule has 94 valence electrons. The van der Waals surface area contributed by atoms with Gasteiger partial charge in [0.05, 0.1) is 12.6 Å². The van der Waals surface area contributed by atoms with E-state index >= 15 is 0 Å². The van der Waals surface area contributed by atoms with Crippen LogP contribution in [-0.2, 0) is 0 Å². The normalized spacial score (nSPS) is 18.9. The maximum absolute atomic E-state index is 11.5.